The monoisotopic (exact) mass is 240 g/mol. The molecule has 1 unspecified atom stereocenters. The highest BCUT2D eigenvalue weighted by atomic mass is 16.6. The van der Waals surface area contributed by atoms with Gasteiger partial charge in [-0.2, -0.15) is 0 Å². The van der Waals surface area contributed by atoms with Crippen LogP contribution in [0.2, 0.25) is 0 Å². The van der Waals surface area contributed by atoms with E-state index >= 15 is 0 Å². The Morgan fingerprint density at radius 1 is 1.59 bits per heavy atom. The van der Waals surface area contributed by atoms with E-state index in [0.717, 1.165) is 5.56 Å². The van der Waals surface area contributed by atoms with Crippen LogP contribution in [0, 0.1) is 10.1 Å². The van der Waals surface area contributed by atoms with Crippen LogP contribution in [0.15, 0.2) is 18.2 Å². The molecule has 0 aliphatic carbocycles. The fourth-order valence-corrected chi connectivity index (χ4v) is 1.35. The van der Waals surface area contributed by atoms with Crippen LogP contribution in [0.4, 0.5) is 5.69 Å². The zero-order valence-corrected chi connectivity index (χ0v) is 9.84. The van der Waals surface area contributed by atoms with Crippen LogP contribution >= 0.6 is 0 Å². The molecule has 0 radical (unpaired) electrons. The first-order chi connectivity index (χ1) is 8.04. The number of hydrogen-bond acceptors (Lipinski definition) is 5. The number of ether oxygens (including phenoxy) is 1. The standard InChI is InChI=1S/C11H16N2O4/c1-8(14)7-17-11-4-3-9(6-12-2)5-10(11)13(15)16/h3-5,8,12,14H,6-7H2,1-2H3. The van der Waals surface area contributed by atoms with Gasteiger partial charge >= 0.3 is 5.69 Å². The topological polar surface area (TPSA) is 84.6 Å². The maximum Gasteiger partial charge on any atom is 0.311 e. The molecule has 0 aliphatic heterocycles. The summed E-state index contributed by atoms with van der Waals surface area (Å²) < 4.78 is 5.18. The first kappa shape index (κ1) is 13.4. The Bertz CT molecular complexity index is 393. The molecule has 0 saturated heterocycles. The number of nitro groups is 1. The van der Waals surface area contributed by atoms with Crippen molar-refractivity contribution in [2.45, 2.75) is 19.6 Å². The Labute approximate surface area is 99.4 Å². The summed E-state index contributed by atoms with van der Waals surface area (Å²) >= 11 is 0. The minimum Gasteiger partial charge on any atom is -0.484 e. The van der Waals surface area contributed by atoms with Crippen molar-refractivity contribution in [3.63, 3.8) is 0 Å². The predicted octanol–water partition coefficient (Wildman–Crippen LogP) is 1.07. The van der Waals surface area contributed by atoms with E-state index in [2.05, 4.69) is 5.32 Å². The van der Waals surface area contributed by atoms with Gasteiger partial charge in [0, 0.05) is 12.6 Å². The number of aliphatic hydroxyl groups excluding tert-OH is 1. The van der Waals surface area contributed by atoms with Gasteiger partial charge in [-0.05, 0) is 25.6 Å². The third-order valence-electron chi connectivity index (χ3n) is 2.08. The smallest absolute Gasteiger partial charge is 0.311 e. The molecule has 1 aromatic rings. The molecule has 94 valence electrons. The summed E-state index contributed by atoms with van der Waals surface area (Å²) in [5.41, 5.74) is 0.724. The third-order valence-corrected chi connectivity index (χ3v) is 2.08. The molecule has 0 aliphatic rings. The van der Waals surface area contributed by atoms with Gasteiger partial charge < -0.3 is 15.2 Å². The van der Waals surface area contributed by atoms with Crippen LogP contribution in [0.5, 0.6) is 5.75 Å². The van der Waals surface area contributed by atoms with Gasteiger partial charge in [0.25, 0.3) is 0 Å². The molecular weight excluding hydrogens is 224 g/mol. The number of nitro benzene ring substituents is 1. The van der Waals surface area contributed by atoms with Gasteiger partial charge in [-0.3, -0.25) is 10.1 Å². The van der Waals surface area contributed by atoms with E-state index in [1.54, 1.807) is 26.1 Å². The number of benzene rings is 1. The summed E-state index contributed by atoms with van der Waals surface area (Å²) in [5.74, 6) is 0.177. The summed E-state index contributed by atoms with van der Waals surface area (Å²) in [6.45, 7) is 2.14. The minimum absolute atomic E-state index is 0.0339. The third kappa shape index (κ3) is 4.01. The Morgan fingerprint density at radius 2 is 2.29 bits per heavy atom. The fourth-order valence-electron chi connectivity index (χ4n) is 1.35. The zero-order chi connectivity index (χ0) is 12.8. The molecule has 6 nitrogen and oxygen atoms in total. The molecule has 1 rings (SSSR count). The van der Waals surface area contributed by atoms with E-state index in [4.69, 9.17) is 9.84 Å². The maximum absolute atomic E-state index is 10.9. The van der Waals surface area contributed by atoms with Gasteiger partial charge in [-0.15, -0.1) is 0 Å². The van der Waals surface area contributed by atoms with Crippen molar-refractivity contribution in [2.75, 3.05) is 13.7 Å². The van der Waals surface area contributed by atoms with Gasteiger partial charge in [0.05, 0.1) is 11.0 Å². The fraction of sp³-hybridized carbons (Fsp3) is 0.455. The van der Waals surface area contributed by atoms with Crippen LogP contribution in [0.25, 0.3) is 0 Å². The highest BCUT2D eigenvalue weighted by Crippen LogP contribution is 2.28. The normalized spacial score (nSPS) is 12.2. The molecule has 0 saturated carbocycles. The Morgan fingerprint density at radius 3 is 2.82 bits per heavy atom. The quantitative estimate of drug-likeness (QED) is 0.574. The van der Waals surface area contributed by atoms with Crippen molar-refractivity contribution in [2.24, 2.45) is 0 Å². The highest BCUT2D eigenvalue weighted by Gasteiger charge is 2.16. The Balaban J connectivity index is 2.92. The molecule has 1 aromatic carbocycles. The predicted molar refractivity (Wildman–Crippen MR) is 63.0 cm³/mol. The molecule has 2 N–H and O–H groups in total. The van der Waals surface area contributed by atoms with Gasteiger partial charge in [0.1, 0.15) is 6.61 Å². The Kier molecular flexibility index (Phi) is 4.86. The van der Waals surface area contributed by atoms with Crippen LogP contribution in [-0.2, 0) is 6.54 Å². The number of hydrogen-bond donors (Lipinski definition) is 2. The summed E-state index contributed by atoms with van der Waals surface area (Å²) in [6, 6.07) is 4.77. The van der Waals surface area contributed by atoms with Crippen molar-refractivity contribution in [1.82, 2.24) is 5.32 Å². The zero-order valence-electron chi connectivity index (χ0n) is 9.84. The first-order valence-corrected chi connectivity index (χ1v) is 5.27. The minimum atomic E-state index is -0.661. The second-order valence-corrected chi connectivity index (χ2v) is 3.75. The average molecular weight is 240 g/mol. The van der Waals surface area contributed by atoms with E-state index in [9.17, 15) is 10.1 Å². The second kappa shape index (κ2) is 6.17. The number of aliphatic hydroxyl groups is 1. The lowest BCUT2D eigenvalue weighted by Crippen LogP contribution is -2.13. The summed E-state index contributed by atoms with van der Waals surface area (Å²) in [5, 5.41) is 22.9. The molecule has 0 fully saturated rings. The summed E-state index contributed by atoms with van der Waals surface area (Å²) in [4.78, 5) is 10.4. The lowest BCUT2D eigenvalue weighted by Gasteiger charge is -2.09. The molecule has 0 spiro atoms. The van der Waals surface area contributed by atoms with E-state index in [0.29, 0.717) is 6.54 Å². The van der Waals surface area contributed by atoms with Gasteiger partial charge in [0.15, 0.2) is 5.75 Å². The largest absolute Gasteiger partial charge is 0.484 e. The number of nitrogens with zero attached hydrogens (tertiary/aromatic N) is 1. The van der Waals surface area contributed by atoms with Crippen LogP contribution in [0.1, 0.15) is 12.5 Å². The molecule has 0 heterocycles. The molecule has 0 aromatic heterocycles. The van der Waals surface area contributed by atoms with E-state index < -0.39 is 11.0 Å². The highest BCUT2D eigenvalue weighted by molar-refractivity contribution is 5.48. The summed E-state index contributed by atoms with van der Waals surface area (Å²) in [7, 11) is 1.77. The maximum atomic E-state index is 10.9. The summed E-state index contributed by atoms with van der Waals surface area (Å²) in [6.07, 6.45) is -0.661. The average Bonchev–Trinajstić information content (AvgIpc) is 2.27. The number of rotatable bonds is 6. The second-order valence-electron chi connectivity index (χ2n) is 3.75. The van der Waals surface area contributed by atoms with E-state index in [1.807, 2.05) is 0 Å². The lowest BCUT2D eigenvalue weighted by molar-refractivity contribution is -0.386. The van der Waals surface area contributed by atoms with E-state index in [1.165, 1.54) is 6.07 Å². The molecule has 0 bridgehead atoms. The lowest BCUT2D eigenvalue weighted by atomic mass is 10.2. The van der Waals surface area contributed by atoms with Crippen LogP contribution in [0.3, 0.4) is 0 Å². The van der Waals surface area contributed by atoms with Crippen molar-refractivity contribution in [3.05, 3.63) is 33.9 Å². The molecule has 17 heavy (non-hydrogen) atoms. The van der Waals surface area contributed by atoms with Gasteiger partial charge in [0.2, 0.25) is 0 Å². The van der Waals surface area contributed by atoms with Crippen LogP contribution < -0.4 is 10.1 Å². The van der Waals surface area contributed by atoms with Crippen molar-refractivity contribution in [1.29, 1.82) is 0 Å². The molecular formula is C11H16N2O4. The number of nitrogens with one attached hydrogen (secondary N) is 1. The molecule has 0 amide bonds. The van der Waals surface area contributed by atoms with Gasteiger partial charge in [-0.1, -0.05) is 6.07 Å². The Hall–Kier alpha value is -1.66. The first-order valence-electron chi connectivity index (χ1n) is 5.27. The van der Waals surface area contributed by atoms with Crippen molar-refractivity contribution >= 4 is 5.69 Å². The van der Waals surface area contributed by atoms with Crippen LogP contribution in [-0.4, -0.2) is 29.8 Å². The van der Waals surface area contributed by atoms with Crippen molar-refractivity contribution in [3.8, 4) is 5.75 Å². The van der Waals surface area contributed by atoms with Crippen molar-refractivity contribution < 1.29 is 14.8 Å². The van der Waals surface area contributed by atoms with E-state index in [-0.39, 0.29) is 18.0 Å². The molecule has 1 atom stereocenters. The molecule has 6 heteroatoms. The SMILES string of the molecule is CNCc1ccc(OCC(C)O)c([N+](=O)[O-])c1. The van der Waals surface area contributed by atoms with Gasteiger partial charge in [-0.25, -0.2) is 0 Å².